The molecule has 0 bridgehead atoms. The lowest BCUT2D eigenvalue weighted by atomic mass is 9.99. The second-order valence-electron chi connectivity index (χ2n) is 7.17. The van der Waals surface area contributed by atoms with E-state index in [9.17, 15) is 13.2 Å². The molecule has 152 valence electrons. The molecule has 1 amide bonds. The van der Waals surface area contributed by atoms with Gasteiger partial charge in [0.15, 0.2) is 0 Å². The summed E-state index contributed by atoms with van der Waals surface area (Å²) in [5.41, 5.74) is 0. The van der Waals surface area contributed by atoms with Crippen LogP contribution in [0.15, 0.2) is 33.6 Å². The highest BCUT2D eigenvalue weighted by Gasteiger charge is 2.33. The molecule has 1 saturated heterocycles. The first kappa shape index (κ1) is 22.3. The Morgan fingerprint density at radius 2 is 2.00 bits per heavy atom. The van der Waals surface area contributed by atoms with E-state index in [1.165, 1.54) is 4.31 Å². The van der Waals surface area contributed by atoms with E-state index in [0.717, 1.165) is 24.0 Å². The maximum absolute atomic E-state index is 12.9. The third-order valence-electron chi connectivity index (χ3n) is 5.04. The first-order valence-corrected chi connectivity index (χ1v) is 11.8. The number of carbonyl (C=O) groups excluding carboxylic acids is 1. The van der Waals surface area contributed by atoms with E-state index in [1.54, 1.807) is 24.3 Å². The van der Waals surface area contributed by atoms with Crippen LogP contribution in [0, 0.1) is 5.92 Å². The minimum atomic E-state index is -3.57. The van der Waals surface area contributed by atoms with Gasteiger partial charge in [0.1, 0.15) is 0 Å². The normalized spacial score (nSPS) is 18.8. The van der Waals surface area contributed by atoms with Crippen LogP contribution in [0.25, 0.3) is 0 Å². The maximum Gasteiger partial charge on any atom is 0.243 e. The topological polar surface area (TPSA) is 69.7 Å². The summed E-state index contributed by atoms with van der Waals surface area (Å²) < 4.78 is 28.0. The molecule has 1 aromatic rings. The summed E-state index contributed by atoms with van der Waals surface area (Å²) in [5, 5.41) is 2.98. The molecule has 1 aliphatic rings. The van der Waals surface area contributed by atoms with E-state index in [-0.39, 0.29) is 23.3 Å². The molecule has 1 aromatic carbocycles. The number of hydrogen-bond acceptors (Lipinski definition) is 4. The van der Waals surface area contributed by atoms with Gasteiger partial charge in [-0.1, -0.05) is 22.9 Å². The van der Waals surface area contributed by atoms with Gasteiger partial charge < -0.3 is 5.32 Å². The SMILES string of the molecule is CCN(CCNC(=O)C1CCCN(S(=O)(=O)c2ccc(Br)cc2)C1)C(C)C. The van der Waals surface area contributed by atoms with E-state index in [2.05, 4.69) is 46.9 Å². The van der Waals surface area contributed by atoms with Gasteiger partial charge in [-0.25, -0.2) is 8.42 Å². The van der Waals surface area contributed by atoms with Crippen LogP contribution in [0.2, 0.25) is 0 Å². The number of carbonyl (C=O) groups is 1. The molecule has 1 N–H and O–H groups in total. The van der Waals surface area contributed by atoms with Crippen LogP contribution in [0.4, 0.5) is 0 Å². The molecule has 0 saturated carbocycles. The zero-order valence-corrected chi connectivity index (χ0v) is 18.7. The molecule has 27 heavy (non-hydrogen) atoms. The van der Waals surface area contributed by atoms with Crippen molar-refractivity contribution in [3.63, 3.8) is 0 Å². The Bertz CT molecular complexity index is 722. The summed E-state index contributed by atoms with van der Waals surface area (Å²) in [7, 11) is -3.57. The van der Waals surface area contributed by atoms with E-state index >= 15 is 0 Å². The molecule has 0 aromatic heterocycles. The molecule has 1 heterocycles. The molecule has 0 spiro atoms. The van der Waals surface area contributed by atoms with E-state index < -0.39 is 10.0 Å². The van der Waals surface area contributed by atoms with Gasteiger partial charge in [0.25, 0.3) is 0 Å². The highest BCUT2D eigenvalue weighted by molar-refractivity contribution is 9.10. The van der Waals surface area contributed by atoms with Gasteiger partial charge in [-0.05, 0) is 57.5 Å². The van der Waals surface area contributed by atoms with Crippen LogP contribution in [-0.2, 0) is 14.8 Å². The Balaban J connectivity index is 1.94. The molecular formula is C19H30BrN3O3S. The van der Waals surface area contributed by atoms with Crippen LogP contribution in [0.5, 0.6) is 0 Å². The Kier molecular flexibility index (Phi) is 8.27. The number of nitrogens with one attached hydrogen (secondary N) is 1. The minimum absolute atomic E-state index is 0.0504. The molecule has 2 rings (SSSR count). The summed E-state index contributed by atoms with van der Waals surface area (Å²) in [6, 6.07) is 7.06. The van der Waals surface area contributed by atoms with E-state index in [0.29, 0.717) is 25.6 Å². The van der Waals surface area contributed by atoms with Crippen molar-refractivity contribution in [1.29, 1.82) is 0 Å². The molecule has 8 heteroatoms. The van der Waals surface area contributed by atoms with E-state index in [1.807, 2.05) is 0 Å². The van der Waals surface area contributed by atoms with Gasteiger partial charge in [0, 0.05) is 36.7 Å². The van der Waals surface area contributed by atoms with Crippen molar-refractivity contribution < 1.29 is 13.2 Å². The quantitative estimate of drug-likeness (QED) is 0.648. The predicted molar refractivity (Wildman–Crippen MR) is 111 cm³/mol. The second kappa shape index (κ2) is 10.0. The highest BCUT2D eigenvalue weighted by Crippen LogP contribution is 2.24. The monoisotopic (exact) mass is 459 g/mol. The molecule has 0 aliphatic carbocycles. The Morgan fingerprint density at radius 1 is 1.33 bits per heavy atom. The lowest BCUT2D eigenvalue weighted by Crippen LogP contribution is -2.46. The standard InChI is InChI=1S/C19H30BrN3O3S/c1-4-22(15(2)3)13-11-21-19(24)16-6-5-12-23(14-16)27(25,26)18-9-7-17(20)8-10-18/h7-10,15-16H,4-6,11-14H2,1-3H3,(H,21,24). The maximum atomic E-state index is 12.9. The second-order valence-corrected chi connectivity index (χ2v) is 10.0. The van der Waals surface area contributed by atoms with Gasteiger partial charge in [0.2, 0.25) is 15.9 Å². The molecule has 1 atom stereocenters. The lowest BCUT2D eigenvalue weighted by molar-refractivity contribution is -0.126. The smallest absolute Gasteiger partial charge is 0.243 e. The molecule has 1 aliphatic heterocycles. The van der Waals surface area contributed by atoms with Gasteiger partial charge in [-0.3, -0.25) is 9.69 Å². The summed E-state index contributed by atoms with van der Waals surface area (Å²) >= 11 is 3.32. The Hall–Kier alpha value is -0.960. The van der Waals surface area contributed by atoms with Crippen molar-refractivity contribution in [3.05, 3.63) is 28.7 Å². The zero-order valence-electron chi connectivity index (χ0n) is 16.3. The Labute approximate surface area is 171 Å². The fourth-order valence-corrected chi connectivity index (χ4v) is 5.17. The predicted octanol–water partition coefficient (Wildman–Crippen LogP) is 2.70. The van der Waals surface area contributed by atoms with Crippen LogP contribution >= 0.6 is 15.9 Å². The van der Waals surface area contributed by atoms with Gasteiger partial charge >= 0.3 is 0 Å². The average Bonchev–Trinajstić information content (AvgIpc) is 2.65. The average molecular weight is 460 g/mol. The summed E-state index contributed by atoms with van der Waals surface area (Å²) in [6.45, 7) is 9.40. The highest BCUT2D eigenvalue weighted by atomic mass is 79.9. The van der Waals surface area contributed by atoms with Gasteiger partial charge in [0.05, 0.1) is 10.8 Å². The lowest BCUT2D eigenvalue weighted by Gasteiger charge is -2.31. The molecule has 6 nitrogen and oxygen atoms in total. The van der Waals surface area contributed by atoms with Crippen LogP contribution < -0.4 is 5.32 Å². The van der Waals surface area contributed by atoms with Crippen molar-refractivity contribution in [1.82, 2.24) is 14.5 Å². The molecular weight excluding hydrogens is 430 g/mol. The summed E-state index contributed by atoms with van der Waals surface area (Å²) in [5.74, 6) is -0.344. The zero-order chi connectivity index (χ0) is 20.0. The number of piperidine rings is 1. The fraction of sp³-hybridized carbons (Fsp3) is 0.632. The molecule has 1 fully saturated rings. The van der Waals surface area contributed by atoms with Crippen LogP contribution in [0.3, 0.4) is 0 Å². The number of benzene rings is 1. The number of sulfonamides is 1. The third kappa shape index (κ3) is 6.01. The number of halogens is 1. The van der Waals surface area contributed by atoms with Crippen molar-refractivity contribution in [2.45, 2.75) is 44.6 Å². The molecule has 1 unspecified atom stereocenters. The van der Waals surface area contributed by atoms with Crippen LogP contribution in [0.1, 0.15) is 33.6 Å². The van der Waals surface area contributed by atoms with Crippen molar-refractivity contribution in [3.8, 4) is 0 Å². The number of rotatable bonds is 8. The van der Waals surface area contributed by atoms with Crippen molar-refractivity contribution in [2.75, 3.05) is 32.7 Å². The number of nitrogens with zero attached hydrogens (tertiary/aromatic N) is 2. The minimum Gasteiger partial charge on any atom is -0.355 e. The van der Waals surface area contributed by atoms with Gasteiger partial charge in [-0.2, -0.15) is 4.31 Å². The van der Waals surface area contributed by atoms with Crippen molar-refractivity contribution in [2.24, 2.45) is 5.92 Å². The number of likely N-dealkylation sites (N-methyl/N-ethyl adjacent to an activating group) is 1. The number of hydrogen-bond donors (Lipinski definition) is 1. The van der Waals surface area contributed by atoms with Crippen LogP contribution in [-0.4, -0.2) is 62.3 Å². The number of amides is 1. The summed E-state index contributed by atoms with van der Waals surface area (Å²) in [4.78, 5) is 15.1. The fourth-order valence-electron chi connectivity index (χ4n) is 3.38. The Morgan fingerprint density at radius 3 is 2.59 bits per heavy atom. The summed E-state index contributed by atoms with van der Waals surface area (Å²) in [6.07, 6.45) is 1.42. The third-order valence-corrected chi connectivity index (χ3v) is 7.45. The van der Waals surface area contributed by atoms with Crippen molar-refractivity contribution >= 4 is 31.9 Å². The van der Waals surface area contributed by atoms with E-state index in [4.69, 9.17) is 0 Å². The first-order chi connectivity index (χ1) is 12.8. The molecule has 0 radical (unpaired) electrons. The van der Waals surface area contributed by atoms with Gasteiger partial charge in [-0.15, -0.1) is 0 Å². The largest absolute Gasteiger partial charge is 0.355 e. The first-order valence-electron chi connectivity index (χ1n) is 9.53.